The first-order chi connectivity index (χ1) is 15.3. The fourth-order valence-electron chi connectivity index (χ4n) is 4.56. The Bertz CT molecular complexity index is 1140. The van der Waals surface area contributed by atoms with Gasteiger partial charge in [0.2, 0.25) is 21.8 Å². The first kappa shape index (κ1) is 22.7. The monoisotopic (exact) mass is 458 g/mol. The number of carbonyl (C=O) groups is 2. The minimum Gasteiger partial charge on any atom is -0.310 e. The van der Waals surface area contributed by atoms with E-state index in [1.54, 1.807) is 19.1 Å². The fraction of sp³-hybridized carbons (Fsp3) is 0.522. The maximum Gasteiger partial charge on any atom is 0.249 e. The number of anilines is 1. The number of aromatic nitrogens is 2. The van der Waals surface area contributed by atoms with Gasteiger partial charge in [-0.15, -0.1) is 0 Å². The Morgan fingerprint density at radius 2 is 1.84 bits per heavy atom. The highest BCUT2D eigenvalue weighted by Crippen LogP contribution is 2.36. The fourth-order valence-corrected chi connectivity index (χ4v) is 6.13. The molecule has 2 aliphatic rings. The van der Waals surface area contributed by atoms with Crippen LogP contribution in [0.3, 0.4) is 0 Å². The third-order valence-corrected chi connectivity index (χ3v) is 7.96. The van der Waals surface area contributed by atoms with Crippen LogP contribution in [0.15, 0.2) is 23.1 Å². The van der Waals surface area contributed by atoms with Crippen LogP contribution in [-0.4, -0.2) is 36.1 Å². The topological polar surface area (TPSA) is 110 Å². The van der Waals surface area contributed by atoms with Crippen LogP contribution in [0.25, 0.3) is 11.1 Å². The van der Waals surface area contributed by atoms with Gasteiger partial charge in [0, 0.05) is 24.4 Å². The summed E-state index contributed by atoms with van der Waals surface area (Å²) < 4.78 is 30.8. The van der Waals surface area contributed by atoms with Crippen molar-refractivity contribution in [3.8, 4) is 11.1 Å². The third kappa shape index (κ3) is 4.49. The number of amides is 1. The molecule has 1 saturated carbocycles. The van der Waals surface area contributed by atoms with E-state index in [1.807, 2.05) is 13.0 Å². The van der Waals surface area contributed by atoms with E-state index in [4.69, 9.17) is 0 Å². The van der Waals surface area contributed by atoms with E-state index < -0.39 is 10.0 Å². The van der Waals surface area contributed by atoms with Crippen molar-refractivity contribution in [1.29, 1.82) is 0 Å². The molecule has 0 spiro atoms. The number of carbonyl (C=O) groups excluding carboxylic acids is 2. The summed E-state index contributed by atoms with van der Waals surface area (Å²) >= 11 is 0. The van der Waals surface area contributed by atoms with E-state index in [1.165, 1.54) is 4.68 Å². The maximum atomic E-state index is 13.3. The van der Waals surface area contributed by atoms with Gasteiger partial charge in [-0.2, -0.15) is 9.78 Å². The van der Waals surface area contributed by atoms with E-state index in [9.17, 15) is 18.0 Å². The van der Waals surface area contributed by atoms with Gasteiger partial charge >= 0.3 is 0 Å². The third-order valence-electron chi connectivity index (χ3n) is 6.30. The van der Waals surface area contributed by atoms with Crippen LogP contribution < -0.4 is 10.0 Å². The molecule has 4 rings (SSSR count). The number of sulfonamides is 1. The van der Waals surface area contributed by atoms with Crippen LogP contribution in [-0.2, 0) is 21.2 Å². The van der Waals surface area contributed by atoms with Crippen LogP contribution in [0.5, 0.6) is 0 Å². The predicted molar refractivity (Wildman–Crippen MR) is 122 cm³/mol. The molecule has 172 valence electrons. The lowest BCUT2D eigenvalue weighted by atomic mass is 10.0. The lowest BCUT2D eigenvalue weighted by Crippen LogP contribution is -2.34. The van der Waals surface area contributed by atoms with Crippen molar-refractivity contribution in [3.05, 3.63) is 29.5 Å². The molecule has 1 aliphatic carbocycles. The zero-order valence-electron chi connectivity index (χ0n) is 18.6. The molecule has 32 heavy (non-hydrogen) atoms. The Kier molecular flexibility index (Phi) is 6.48. The second-order valence-corrected chi connectivity index (χ2v) is 10.4. The Morgan fingerprint density at radius 3 is 2.53 bits per heavy atom. The molecule has 1 amide bonds. The Hall–Kier alpha value is -2.52. The van der Waals surface area contributed by atoms with E-state index in [-0.39, 0.29) is 35.6 Å². The van der Waals surface area contributed by atoms with Gasteiger partial charge < -0.3 is 5.32 Å². The number of rotatable bonds is 5. The summed E-state index contributed by atoms with van der Waals surface area (Å²) in [7, 11) is -3.72. The van der Waals surface area contributed by atoms with Gasteiger partial charge in [0.1, 0.15) is 5.82 Å². The quantitative estimate of drug-likeness (QED) is 0.662. The largest absolute Gasteiger partial charge is 0.310 e. The molecule has 1 fully saturated rings. The highest BCUT2D eigenvalue weighted by molar-refractivity contribution is 7.89. The minimum atomic E-state index is -3.72. The average molecular weight is 459 g/mol. The van der Waals surface area contributed by atoms with Crippen molar-refractivity contribution in [2.24, 2.45) is 0 Å². The van der Waals surface area contributed by atoms with Crippen molar-refractivity contribution in [3.63, 3.8) is 0 Å². The summed E-state index contributed by atoms with van der Waals surface area (Å²) in [6.45, 7) is 3.69. The Morgan fingerprint density at radius 1 is 1.12 bits per heavy atom. The number of aryl methyl sites for hydroxylation is 2. The van der Waals surface area contributed by atoms with Crippen LogP contribution in [0.2, 0.25) is 0 Å². The van der Waals surface area contributed by atoms with E-state index in [0.717, 1.165) is 38.5 Å². The number of nitrogens with one attached hydrogen (secondary N) is 2. The van der Waals surface area contributed by atoms with Crippen molar-refractivity contribution in [1.82, 2.24) is 14.5 Å². The number of hydrogen-bond donors (Lipinski definition) is 2. The predicted octanol–water partition coefficient (Wildman–Crippen LogP) is 3.79. The molecule has 1 aromatic carbocycles. The van der Waals surface area contributed by atoms with Crippen molar-refractivity contribution >= 4 is 27.7 Å². The van der Waals surface area contributed by atoms with Gasteiger partial charge in [-0.1, -0.05) is 44.7 Å². The molecular formula is C23H30N4O4S. The summed E-state index contributed by atoms with van der Waals surface area (Å²) in [6, 6.07) is 5.16. The Balaban J connectivity index is 1.76. The summed E-state index contributed by atoms with van der Waals surface area (Å²) in [5.41, 5.74) is 2.50. The van der Waals surface area contributed by atoms with Gasteiger partial charge in [0.25, 0.3) is 0 Å². The van der Waals surface area contributed by atoms with Crippen LogP contribution in [0, 0.1) is 6.92 Å². The number of hydrogen-bond acceptors (Lipinski definition) is 5. The average Bonchev–Trinajstić information content (AvgIpc) is 2.86. The van der Waals surface area contributed by atoms with Crippen LogP contribution >= 0.6 is 0 Å². The molecule has 1 aromatic heterocycles. The van der Waals surface area contributed by atoms with Gasteiger partial charge in [0.05, 0.1) is 10.6 Å². The number of benzene rings is 1. The van der Waals surface area contributed by atoms with Crippen molar-refractivity contribution < 1.29 is 18.0 Å². The molecule has 8 nitrogen and oxygen atoms in total. The highest BCUT2D eigenvalue weighted by atomic mass is 32.2. The standard InChI is InChI=1S/C23H30N4O4S/c1-3-18-22(23-24-20(28)12-13-21(29)27(23)25-18)16-11-10-15(2)19(14-16)32(30,31)26-17-8-6-4-5-7-9-17/h10-11,14,17,26H,3-9,12-13H2,1-2H3,(H,24,28). The second kappa shape index (κ2) is 9.15. The van der Waals surface area contributed by atoms with E-state index in [0.29, 0.717) is 34.6 Å². The molecule has 9 heteroatoms. The molecule has 2 aromatic rings. The van der Waals surface area contributed by atoms with Gasteiger partial charge in [-0.05, 0) is 43.4 Å². The molecule has 0 unspecified atom stereocenters. The lowest BCUT2D eigenvalue weighted by molar-refractivity contribution is -0.116. The van der Waals surface area contributed by atoms with Crippen molar-refractivity contribution in [2.45, 2.75) is 82.6 Å². The molecule has 1 aliphatic heterocycles. The molecule has 0 radical (unpaired) electrons. The molecule has 2 heterocycles. The smallest absolute Gasteiger partial charge is 0.249 e. The molecule has 2 N–H and O–H groups in total. The van der Waals surface area contributed by atoms with Crippen molar-refractivity contribution in [2.75, 3.05) is 5.32 Å². The summed E-state index contributed by atoms with van der Waals surface area (Å²) in [6.07, 6.45) is 6.77. The number of nitrogens with zero attached hydrogens (tertiary/aromatic N) is 2. The summed E-state index contributed by atoms with van der Waals surface area (Å²) in [5, 5.41) is 7.22. The van der Waals surface area contributed by atoms with Gasteiger partial charge in [-0.3, -0.25) is 9.59 Å². The van der Waals surface area contributed by atoms with Crippen LogP contribution in [0.4, 0.5) is 5.82 Å². The van der Waals surface area contributed by atoms with E-state index in [2.05, 4.69) is 15.1 Å². The molecule has 0 atom stereocenters. The molecule has 0 saturated heterocycles. The zero-order valence-corrected chi connectivity index (χ0v) is 19.4. The molecular weight excluding hydrogens is 428 g/mol. The van der Waals surface area contributed by atoms with Gasteiger partial charge in [-0.25, -0.2) is 13.1 Å². The zero-order chi connectivity index (χ0) is 22.9. The van der Waals surface area contributed by atoms with Gasteiger partial charge in [0.15, 0.2) is 0 Å². The highest BCUT2D eigenvalue weighted by Gasteiger charge is 2.29. The summed E-state index contributed by atoms with van der Waals surface area (Å²) in [4.78, 5) is 24.9. The number of fused-ring (bicyclic) bond motifs is 1. The molecule has 0 bridgehead atoms. The summed E-state index contributed by atoms with van der Waals surface area (Å²) in [5.74, 6) is -0.191. The first-order valence-electron chi connectivity index (χ1n) is 11.4. The van der Waals surface area contributed by atoms with Crippen LogP contribution in [0.1, 0.15) is 74.3 Å². The second-order valence-electron chi connectivity index (χ2n) is 8.67. The lowest BCUT2D eigenvalue weighted by Gasteiger charge is -2.18. The normalized spacial score (nSPS) is 18.1. The first-order valence-corrected chi connectivity index (χ1v) is 12.9. The SMILES string of the molecule is CCc1nn2c(c1-c1ccc(C)c(S(=O)(=O)NC3CCCCCC3)c1)NC(=O)CCC2=O. The van der Waals surface area contributed by atoms with E-state index >= 15 is 0 Å². The maximum absolute atomic E-state index is 13.3. The minimum absolute atomic E-state index is 0.0545. The Labute approximate surface area is 188 Å².